The lowest BCUT2D eigenvalue weighted by Gasteiger charge is -2.27. The number of amides is 1. The van der Waals surface area contributed by atoms with Crippen LogP contribution in [0.5, 0.6) is 0 Å². The highest BCUT2D eigenvalue weighted by atomic mass is 32.1. The molecule has 2 atom stereocenters. The van der Waals surface area contributed by atoms with E-state index in [1.54, 1.807) is 0 Å². The summed E-state index contributed by atoms with van der Waals surface area (Å²) in [6, 6.07) is 8.06. The molecule has 0 bridgehead atoms. The molecule has 1 aromatic heterocycles. The average molecular weight is 378 g/mol. The van der Waals surface area contributed by atoms with Crippen LogP contribution in [0.4, 0.5) is 5.13 Å². The minimum absolute atomic E-state index is 0.125. The second-order valence-electron chi connectivity index (χ2n) is 7.26. The fourth-order valence-corrected chi connectivity index (χ4v) is 4.09. The van der Waals surface area contributed by atoms with Gasteiger partial charge in [-0.3, -0.25) is 9.69 Å². The van der Waals surface area contributed by atoms with Crippen LogP contribution in [0, 0.1) is 17.8 Å². The van der Waals surface area contributed by atoms with Crippen molar-refractivity contribution in [3.05, 3.63) is 60.7 Å². The van der Waals surface area contributed by atoms with Gasteiger partial charge < -0.3 is 0 Å². The lowest BCUT2D eigenvalue weighted by molar-refractivity contribution is -0.121. The maximum Gasteiger partial charge on any atom is 0.236 e. The molecule has 5 heteroatoms. The highest BCUT2D eigenvalue weighted by Crippen LogP contribution is 2.36. The molecule has 2 unspecified atom stereocenters. The normalized spacial score (nSPS) is 21.2. The van der Waals surface area contributed by atoms with E-state index < -0.39 is 0 Å². The van der Waals surface area contributed by atoms with Crippen molar-refractivity contribution >= 4 is 28.5 Å². The Morgan fingerprint density at radius 3 is 2.63 bits per heavy atom. The molecule has 1 fully saturated rings. The van der Waals surface area contributed by atoms with Crippen LogP contribution in [0.25, 0.3) is 16.6 Å². The van der Waals surface area contributed by atoms with Crippen molar-refractivity contribution in [2.75, 3.05) is 11.4 Å². The number of carbonyl (C=O) groups is 1. The molecule has 0 N–H and O–H groups in total. The molecular weight excluding hydrogens is 354 g/mol. The van der Waals surface area contributed by atoms with Gasteiger partial charge in [-0.05, 0) is 30.2 Å². The fourth-order valence-electron chi connectivity index (χ4n) is 3.23. The Kier molecular flexibility index (Phi) is 5.03. The Morgan fingerprint density at radius 2 is 1.96 bits per heavy atom. The van der Waals surface area contributed by atoms with E-state index in [0.29, 0.717) is 11.0 Å². The van der Waals surface area contributed by atoms with Crippen molar-refractivity contribution in [3.8, 4) is 10.6 Å². The van der Waals surface area contributed by atoms with Crippen molar-refractivity contribution in [2.24, 2.45) is 17.8 Å². The molecule has 1 heterocycles. The summed E-state index contributed by atoms with van der Waals surface area (Å²) in [5.74, 6) is 0.780. The van der Waals surface area contributed by atoms with Gasteiger partial charge in [0.05, 0.1) is 5.92 Å². The first-order chi connectivity index (χ1) is 13.2. The topological polar surface area (TPSA) is 46.1 Å². The molecule has 2 aliphatic carbocycles. The SMILES string of the molecule is C=Cc1ccc(-c2nnc(N(CC3CC3)C(=O)C3C=CC=CC3C)s2)cc1. The van der Waals surface area contributed by atoms with E-state index in [4.69, 9.17) is 0 Å². The molecule has 0 radical (unpaired) electrons. The number of anilines is 1. The van der Waals surface area contributed by atoms with E-state index in [-0.39, 0.29) is 17.7 Å². The van der Waals surface area contributed by atoms with Gasteiger partial charge in [0.2, 0.25) is 11.0 Å². The van der Waals surface area contributed by atoms with Crippen LogP contribution in [-0.2, 0) is 4.79 Å². The smallest absolute Gasteiger partial charge is 0.236 e. The van der Waals surface area contributed by atoms with Gasteiger partial charge in [0, 0.05) is 12.1 Å². The lowest BCUT2D eigenvalue weighted by Crippen LogP contribution is -2.39. The van der Waals surface area contributed by atoms with Gasteiger partial charge in [0.15, 0.2) is 0 Å². The van der Waals surface area contributed by atoms with Crippen LogP contribution in [0.1, 0.15) is 25.3 Å². The minimum Gasteiger partial charge on any atom is -0.286 e. The van der Waals surface area contributed by atoms with Gasteiger partial charge in [-0.15, -0.1) is 10.2 Å². The third-order valence-corrected chi connectivity index (χ3v) is 6.13. The van der Waals surface area contributed by atoms with E-state index in [1.165, 1.54) is 24.2 Å². The van der Waals surface area contributed by atoms with Crippen molar-refractivity contribution in [3.63, 3.8) is 0 Å². The van der Waals surface area contributed by atoms with Gasteiger partial charge in [-0.1, -0.05) is 79.5 Å². The molecule has 1 amide bonds. The zero-order chi connectivity index (χ0) is 18.8. The molecule has 4 nitrogen and oxygen atoms in total. The zero-order valence-electron chi connectivity index (χ0n) is 15.4. The zero-order valence-corrected chi connectivity index (χ0v) is 16.2. The van der Waals surface area contributed by atoms with Crippen LogP contribution in [0.2, 0.25) is 0 Å². The summed E-state index contributed by atoms with van der Waals surface area (Å²) in [6.45, 7) is 6.61. The fraction of sp³-hybridized carbons (Fsp3) is 0.318. The Balaban J connectivity index is 1.59. The summed E-state index contributed by atoms with van der Waals surface area (Å²) >= 11 is 1.49. The Bertz CT molecular complexity index is 893. The number of nitrogens with zero attached hydrogens (tertiary/aromatic N) is 3. The Labute approximate surface area is 163 Å². The predicted octanol–water partition coefficient (Wildman–Crippen LogP) is 4.97. The maximum absolute atomic E-state index is 13.3. The number of aromatic nitrogens is 2. The number of allylic oxidation sites excluding steroid dienone is 3. The van der Waals surface area contributed by atoms with Gasteiger partial charge in [0.25, 0.3) is 0 Å². The number of hydrogen-bond acceptors (Lipinski definition) is 4. The van der Waals surface area contributed by atoms with E-state index >= 15 is 0 Å². The number of benzene rings is 1. The summed E-state index contributed by atoms with van der Waals surface area (Å²) in [5.41, 5.74) is 2.08. The monoisotopic (exact) mass is 377 g/mol. The standard InChI is InChI=1S/C22H23N3OS/c1-3-16-10-12-18(13-11-16)20-23-24-22(27-20)25(14-17-8-9-17)21(26)19-7-5-4-6-15(19)2/h3-7,10-13,15,17,19H,1,8-9,14H2,2H3. The highest BCUT2D eigenvalue weighted by Gasteiger charge is 2.34. The molecule has 2 aliphatic rings. The molecule has 138 valence electrons. The third-order valence-electron chi connectivity index (χ3n) is 5.14. The first kappa shape index (κ1) is 17.9. The summed E-state index contributed by atoms with van der Waals surface area (Å²) in [5, 5.41) is 10.3. The predicted molar refractivity (Wildman–Crippen MR) is 111 cm³/mol. The third kappa shape index (κ3) is 3.93. The van der Waals surface area contributed by atoms with E-state index in [1.807, 2.05) is 53.5 Å². The van der Waals surface area contributed by atoms with Crippen molar-refractivity contribution < 1.29 is 4.79 Å². The van der Waals surface area contributed by atoms with Crippen molar-refractivity contribution in [1.29, 1.82) is 0 Å². The molecular formula is C22H23N3OS. The molecule has 1 aromatic carbocycles. The molecule has 0 saturated heterocycles. The quantitative estimate of drug-likeness (QED) is 0.714. The largest absolute Gasteiger partial charge is 0.286 e. The number of rotatable bonds is 6. The minimum atomic E-state index is -0.132. The second kappa shape index (κ2) is 7.61. The van der Waals surface area contributed by atoms with Crippen LogP contribution in [0.3, 0.4) is 0 Å². The summed E-state index contributed by atoms with van der Waals surface area (Å²) in [4.78, 5) is 15.1. The van der Waals surface area contributed by atoms with Gasteiger partial charge >= 0.3 is 0 Å². The first-order valence-corrected chi connectivity index (χ1v) is 10.2. The molecule has 27 heavy (non-hydrogen) atoms. The Morgan fingerprint density at radius 1 is 1.22 bits per heavy atom. The first-order valence-electron chi connectivity index (χ1n) is 9.38. The maximum atomic E-state index is 13.3. The van der Waals surface area contributed by atoms with Gasteiger partial charge in [-0.2, -0.15) is 0 Å². The summed E-state index contributed by atoms with van der Waals surface area (Å²) < 4.78 is 0. The van der Waals surface area contributed by atoms with Crippen molar-refractivity contribution in [1.82, 2.24) is 10.2 Å². The van der Waals surface area contributed by atoms with Crippen LogP contribution < -0.4 is 4.90 Å². The van der Waals surface area contributed by atoms with Gasteiger partial charge in [-0.25, -0.2) is 0 Å². The number of hydrogen-bond donors (Lipinski definition) is 0. The summed E-state index contributed by atoms with van der Waals surface area (Å²) in [7, 11) is 0. The molecule has 0 aliphatic heterocycles. The molecule has 2 aromatic rings. The number of carbonyl (C=O) groups excluding carboxylic acids is 1. The Hall–Kier alpha value is -2.53. The highest BCUT2D eigenvalue weighted by molar-refractivity contribution is 7.18. The van der Waals surface area contributed by atoms with Crippen LogP contribution in [-0.4, -0.2) is 22.6 Å². The molecule has 0 spiro atoms. The van der Waals surface area contributed by atoms with E-state index in [0.717, 1.165) is 22.7 Å². The van der Waals surface area contributed by atoms with Crippen LogP contribution >= 0.6 is 11.3 Å². The second-order valence-corrected chi connectivity index (χ2v) is 8.22. The van der Waals surface area contributed by atoms with Crippen molar-refractivity contribution in [2.45, 2.75) is 19.8 Å². The van der Waals surface area contributed by atoms with E-state index in [9.17, 15) is 4.79 Å². The lowest BCUT2D eigenvalue weighted by atomic mass is 9.89. The van der Waals surface area contributed by atoms with Gasteiger partial charge in [0.1, 0.15) is 5.01 Å². The van der Waals surface area contributed by atoms with E-state index in [2.05, 4.69) is 29.8 Å². The summed E-state index contributed by atoms with van der Waals surface area (Å²) in [6.07, 6.45) is 12.3. The molecule has 1 saturated carbocycles. The van der Waals surface area contributed by atoms with Crippen LogP contribution in [0.15, 0.2) is 55.1 Å². The average Bonchev–Trinajstić information content (AvgIpc) is 3.40. The molecule has 4 rings (SSSR count).